The minimum atomic E-state index is -3.93. The number of sulfone groups is 1. The van der Waals surface area contributed by atoms with Crippen molar-refractivity contribution in [2.24, 2.45) is 4.99 Å². The SMILES string of the molecule is O=S(=O)(Cc1ccc(F)c(Cc2ncccc2-c2ncnc3c2N=CC3)c1F)c1ccco1. The van der Waals surface area contributed by atoms with E-state index in [1.54, 1.807) is 18.3 Å². The van der Waals surface area contributed by atoms with Crippen molar-refractivity contribution in [3.63, 3.8) is 0 Å². The zero-order chi connectivity index (χ0) is 23.0. The Hall–Kier alpha value is -3.79. The van der Waals surface area contributed by atoms with Gasteiger partial charge in [0.1, 0.15) is 29.3 Å². The van der Waals surface area contributed by atoms with Gasteiger partial charge in [-0.3, -0.25) is 9.98 Å². The molecule has 0 spiro atoms. The first-order valence-electron chi connectivity index (χ1n) is 9.96. The summed E-state index contributed by atoms with van der Waals surface area (Å²) in [6.45, 7) is 0. The number of hydrogen-bond donors (Lipinski definition) is 0. The summed E-state index contributed by atoms with van der Waals surface area (Å²) >= 11 is 0. The molecule has 5 rings (SSSR count). The molecule has 0 fully saturated rings. The van der Waals surface area contributed by atoms with Gasteiger partial charge in [-0.2, -0.15) is 0 Å². The van der Waals surface area contributed by atoms with Crippen LogP contribution in [0.5, 0.6) is 0 Å². The van der Waals surface area contributed by atoms with Gasteiger partial charge in [0.05, 0.1) is 23.4 Å². The van der Waals surface area contributed by atoms with E-state index in [-0.39, 0.29) is 22.6 Å². The Morgan fingerprint density at radius 2 is 1.91 bits per heavy atom. The van der Waals surface area contributed by atoms with Crippen molar-refractivity contribution in [1.29, 1.82) is 0 Å². The molecule has 0 unspecified atom stereocenters. The van der Waals surface area contributed by atoms with Crippen LogP contribution in [0.4, 0.5) is 14.5 Å². The molecule has 0 radical (unpaired) electrons. The predicted molar refractivity (Wildman–Crippen MR) is 116 cm³/mol. The number of aromatic nitrogens is 3. The van der Waals surface area contributed by atoms with E-state index in [9.17, 15) is 12.8 Å². The monoisotopic (exact) mass is 466 g/mol. The highest BCUT2D eigenvalue weighted by Gasteiger charge is 2.24. The van der Waals surface area contributed by atoms with E-state index in [1.807, 2.05) is 0 Å². The summed E-state index contributed by atoms with van der Waals surface area (Å²) in [6.07, 6.45) is 6.25. The summed E-state index contributed by atoms with van der Waals surface area (Å²) in [4.78, 5) is 17.2. The van der Waals surface area contributed by atoms with E-state index in [0.717, 1.165) is 17.8 Å². The number of hydrogen-bond acceptors (Lipinski definition) is 7. The molecule has 0 saturated carbocycles. The molecule has 0 atom stereocenters. The molecule has 1 aromatic carbocycles. The highest BCUT2D eigenvalue weighted by molar-refractivity contribution is 7.90. The third kappa shape index (κ3) is 3.93. The Balaban J connectivity index is 1.54. The first-order valence-corrected chi connectivity index (χ1v) is 11.6. The van der Waals surface area contributed by atoms with Gasteiger partial charge >= 0.3 is 0 Å². The molecule has 166 valence electrons. The number of nitrogens with zero attached hydrogens (tertiary/aromatic N) is 4. The first-order chi connectivity index (χ1) is 15.9. The van der Waals surface area contributed by atoms with Crippen LogP contribution in [-0.2, 0) is 28.4 Å². The molecule has 1 aliphatic rings. The fraction of sp³-hybridized carbons (Fsp3) is 0.130. The van der Waals surface area contributed by atoms with Gasteiger partial charge in [-0.05, 0) is 30.3 Å². The van der Waals surface area contributed by atoms with Crippen molar-refractivity contribution < 1.29 is 21.6 Å². The maximum Gasteiger partial charge on any atom is 0.218 e. The lowest BCUT2D eigenvalue weighted by Crippen LogP contribution is -2.09. The smallest absolute Gasteiger partial charge is 0.218 e. The third-order valence-electron chi connectivity index (χ3n) is 5.31. The minimum Gasteiger partial charge on any atom is -0.453 e. The van der Waals surface area contributed by atoms with Crippen molar-refractivity contribution >= 4 is 21.7 Å². The van der Waals surface area contributed by atoms with E-state index in [0.29, 0.717) is 29.1 Å². The van der Waals surface area contributed by atoms with Crippen LogP contribution in [-0.4, -0.2) is 29.6 Å². The molecule has 33 heavy (non-hydrogen) atoms. The molecule has 7 nitrogen and oxygen atoms in total. The standard InChI is InChI=1S/C23H16F2N4O3S/c24-17-6-5-14(12-33(30,31)20-4-2-10-32-20)21(25)16(17)11-19-15(3-1-8-26-19)22-23-18(7-9-27-23)28-13-29-22/h1-6,8-10,13H,7,11-12H2. The zero-order valence-electron chi connectivity index (χ0n) is 17.1. The largest absolute Gasteiger partial charge is 0.453 e. The Morgan fingerprint density at radius 1 is 1.03 bits per heavy atom. The lowest BCUT2D eigenvalue weighted by atomic mass is 9.99. The van der Waals surface area contributed by atoms with Crippen LogP contribution in [0.1, 0.15) is 22.5 Å². The summed E-state index contributed by atoms with van der Waals surface area (Å²) in [5.74, 6) is -2.40. The average molecular weight is 466 g/mol. The van der Waals surface area contributed by atoms with Crippen LogP contribution in [0.2, 0.25) is 0 Å². The average Bonchev–Trinajstić information content (AvgIpc) is 3.51. The number of fused-ring (bicyclic) bond motifs is 1. The van der Waals surface area contributed by atoms with Gasteiger partial charge in [0.15, 0.2) is 0 Å². The summed E-state index contributed by atoms with van der Waals surface area (Å²) in [7, 11) is -3.93. The molecule has 0 aliphatic carbocycles. The Bertz CT molecular complexity index is 1490. The lowest BCUT2D eigenvalue weighted by molar-refractivity contribution is 0.449. The number of rotatable bonds is 6. The van der Waals surface area contributed by atoms with Crippen molar-refractivity contribution in [2.45, 2.75) is 23.7 Å². The fourth-order valence-corrected chi connectivity index (χ4v) is 4.98. The van der Waals surface area contributed by atoms with E-state index in [4.69, 9.17) is 4.42 Å². The predicted octanol–water partition coefficient (Wildman–Crippen LogP) is 4.23. The third-order valence-corrected chi connectivity index (χ3v) is 6.84. The maximum atomic E-state index is 15.3. The molecular formula is C23H16F2N4O3S. The van der Waals surface area contributed by atoms with E-state index < -0.39 is 27.2 Å². The molecule has 0 bridgehead atoms. The summed E-state index contributed by atoms with van der Waals surface area (Å²) in [6, 6.07) is 8.34. The molecular weight excluding hydrogens is 450 g/mol. The van der Waals surface area contributed by atoms with Gasteiger partial charge in [0, 0.05) is 41.9 Å². The van der Waals surface area contributed by atoms with Crippen molar-refractivity contribution in [1.82, 2.24) is 15.0 Å². The van der Waals surface area contributed by atoms with Crippen LogP contribution in [0.3, 0.4) is 0 Å². The van der Waals surface area contributed by atoms with Gasteiger partial charge in [0.25, 0.3) is 0 Å². The van der Waals surface area contributed by atoms with E-state index >= 15 is 4.39 Å². The second-order valence-electron chi connectivity index (χ2n) is 7.40. The summed E-state index contributed by atoms with van der Waals surface area (Å²) in [5, 5.41) is -0.280. The summed E-state index contributed by atoms with van der Waals surface area (Å²) < 4.78 is 60.0. The Kier molecular flexibility index (Phi) is 5.29. The van der Waals surface area contributed by atoms with Crippen molar-refractivity contribution in [3.05, 3.63) is 89.3 Å². The normalized spacial score (nSPS) is 12.8. The number of aliphatic imine (C=N–C) groups is 1. The first kappa shape index (κ1) is 21.1. The molecule has 1 aliphatic heterocycles. The van der Waals surface area contributed by atoms with Crippen molar-refractivity contribution in [2.75, 3.05) is 0 Å². The fourth-order valence-electron chi connectivity index (χ4n) is 3.72. The van der Waals surface area contributed by atoms with Gasteiger partial charge in [-0.25, -0.2) is 27.2 Å². The Labute approximate surface area is 187 Å². The molecule has 3 aromatic heterocycles. The van der Waals surface area contributed by atoms with Gasteiger partial charge in [-0.15, -0.1) is 0 Å². The molecule has 4 aromatic rings. The van der Waals surface area contributed by atoms with Crippen LogP contribution in [0, 0.1) is 11.6 Å². The topological polar surface area (TPSA) is 98.3 Å². The lowest BCUT2D eigenvalue weighted by Gasteiger charge is -2.13. The van der Waals surface area contributed by atoms with Crippen molar-refractivity contribution in [3.8, 4) is 11.3 Å². The Morgan fingerprint density at radius 3 is 2.73 bits per heavy atom. The number of halogens is 2. The highest BCUT2D eigenvalue weighted by atomic mass is 32.2. The van der Waals surface area contributed by atoms with Gasteiger partial charge < -0.3 is 4.42 Å². The number of furan rings is 1. The second kappa shape index (κ2) is 8.28. The number of benzene rings is 1. The van der Waals surface area contributed by atoms with Gasteiger partial charge in [-0.1, -0.05) is 6.07 Å². The van der Waals surface area contributed by atoms with Crippen LogP contribution >= 0.6 is 0 Å². The zero-order valence-corrected chi connectivity index (χ0v) is 17.9. The number of pyridine rings is 1. The maximum absolute atomic E-state index is 15.3. The van der Waals surface area contributed by atoms with Crippen LogP contribution in [0.15, 0.2) is 69.7 Å². The van der Waals surface area contributed by atoms with E-state index in [1.165, 1.54) is 30.9 Å². The molecule has 0 saturated heterocycles. The van der Waals surface area contributed by atoms with E-state index in [2.05, 4.69) is 19.9 Å². The molecule has 0 N–H and O–H groups in total. The molecule has 10 heteroatoms. The minimum absolute atomic E-state index is 0.159. The van der Waals surface area contributed by atoms with Gasteiger partial charge in [0.2, 0.25) is 14.9 Å². The molecule has 0 amide bonds. The van der Waals surface area contributed by atoms with Crippen LogP contribution < -0.4 is 0 Å². The second-order valence-corrected chi connectivity index (χ2v) is 9.32. The van der Waals surface area contributed by atoms with Crippen LogP contribution in [0.25, 0.3) is 11.3 Å². The quantitative estimate of drug-likeness (QED) is 0.422. The molecule has 4 heterocycles. The highest BCUT2D eigenvalue weighted by Crippen LogP contribution is 2.35. The summed E-state index contributed by atoms with van der Waals surface area (Å²) in [5.41, 5.74) is 2.40.